The summed E-state index contributed by atoms with van der Waals surface area (Å²) in [7, 11) is 0. The van der Waals surface area contributed by atoms with E-state index in [1.807, 2.05) is 6.92 Å². The number of hydrogen-bond acceptors (Lipinski definition) is 3. The predicted octanol–water partition coefficient (Wildman–Crippen LogP) is 5.55. The Morgan fingerprint density at radius 2 is 1.48 bits per heavy atom. The monoisotopic (exact) mass is 448 g/mol. The van der Waals surface area contributed by atoms with Crippen molar-refractivity contribution in [2.75, 3.05) is 6.61 Å². The first-order valence-electron chi connectivity index (χ1n) is 9.30. The number of halogens is 9. The summed E-state index contributed by atoms with van der Waals surface area (Å²) in [6, 6.07) is 0. The molecule has 12 heteroatoms. The van der Waals surface area contributed by atoms with Crippen LogP contribution in [0.2, 0.25) is 0 Å². The fraction of sp³-hybridized carbons (Fsp3) is 1.00. The normalized spacial score (nSPS) is 27.3. The van der Waals surface area contributed by atoms with Crippen LogP contribution < -0.4 is 0 Å². The molecule has 1 heterocycles. The highest BCUT2D eigenvalue weighted by Crippen LogP contribution is 2.57. The van der Waals surface area contributed by atoms with Crippen LogP contribution in [0.1, 0.15) is 52.4 Å². The molecule has 0 radical (unpaired) electrons. The zero-order valence-electron chi connectivity index (χ0n) is 15.9. The summed E-state index contributed by atoms with van der Waals surface area (Å²) >= 11 is 0. The molecule has 0 saturated carbocycles. The van der Waals surface area contributed by atoms with Crippen molar-refractivity contribution in [3.8, 4) is 0 Å². The second-order valence-corrected chi connectivity index (χ2v) is 7.03. The molecular weight excluding hydrogens is 423 g/mol. The molecule has 1 aliphatic heterocycles. The third kappa shape index (κ3) is 5.30. The van der Waals surface area contributed by atoms with Crippen molar-refractivity contribution >= 4 is 0 Å². The maximum Gasteiger partial charge on any atom is 0.460 e. The predicted molar refractivity (Wildman–Crippen MR) is 84.1 cm³/mol. The lowest BCUT2D eigenvalue weighted by Crippen LogP contribution is -2.66. The van der Waals surface area contributed by atoms with Crippen LogP contribution in [0.25, 0.3) is 0 Å². The minimum Gasteiger partial charge on any atom is -0.387 e. The SMILES string of the molecule is CCCCCCC1CC(C(F)(F)C(F)(F)C(F)(F)C(F)(F)F)C(O)[C@H](OCC)O1. The average Bonchev–Trinajstić information content (AvgIpc) is 2.59. The van der Waals surface area contributed by atoms with E-state index < -0.39 is 54.8 Å². The Morgan fingerprint density at radius 3 is 1.97 bits per heavy atom. The number of hydrogen-bond donors (Lipinski definition) is 1. The molecule has 1 aliphatic rings. The van der Waals surface area contributed by atoms with Gasteiger partial charge in [0.25, 0.3) is 0 Å². The topological polar surface area (TPSA) is 38.7 Å². The van der Waals surface area contributed by atoms with Crippen LogP contribution in [0, 0.1) is 5.92 Å². The Labute approximate surface area is 162 Å². The minimum absolute atomic E-state index is 0.0735. The summed E-state index contributed by atoms with van der Waals surface area (Å²) in [6.45, 7) is 3.08. The Hall–Kier alpha value is -0.750. The molecule has 0 aromatic rings. The standard InChI is InChI=1S/C17H25F9O3/c1-3-5-6-7-8-10-9-11(12(27)13(29-10)28-4-2)14(18,19)15(20,21)16(22,23)17(24,25)26/h10-13,27H,3-9H2,1-2H3/t10?,11?,12?,13-/m1/s1. The lowest BCUT2D eigenvalue weighted by molar-refractivity contribution is -0.413. The molecule has 0 spiro atoms. The molecule has 1 N–H and O–H groups in total. The number of alkyl halides is 9. The summed E-state index contributed by atoms with van der Waals surface area (Å²) in [5.41, 5.74) is 0. The highest BCUT2D eigenvalue weighted by atomic mass is 19.4. The van der Waals surface area contributed by atoms with E-state index in [-0.39, 0.29) is 13.0 Å². The van der Waals surface area contributed by atoms with Gasteiger partial charge in [0, 0.05) is 6.61 Å². The van der Waals surface area contributed by atoms with Crippen molar-refractivity contribution in [3.05, 3.63) is 0 Å². The maximum atomic E-state index is 14.4. The lowest BCUT2D eigenvalue weighted by atomic mass is 9.80. The summed E-state index contributed by atoms with van der Waals surface area (Å²) in [4.78, 5) is 0. The molecule has 174 valence electrons. The van der Waals surface area contributed by atoms with Gasteiger partial charge in [-0.25, -0.2) is 0 Å². The van der Waals surface area contributed by atoms with Gasteiger partial charge in [-0.05, 0) is 19.8 Å². The van der Waals surface area contributed by atoms with E-state index in [0.717, 1.165) is 12.8 Å². The molecule has 0 amide bonds. The molecule has 0 aromatic heterocycles. The second kappa shape index (κ2) is 9.59. The average molecular weight is 448 g/mol. The Bertz CT molecular complexity index is 511. The van der Waals surface area contributed by atoms with Gasteiger partial charge in [-0.2, -0.15) is 39.5 Å². The van der Waals surface area contributed by atoms with Crippen LogP contribution in [0.15, 0.2) is 0 Å². The van der Waals surface area contributed by atoms with Gasteiger partial charge in [0.15, 0.2) is 6.29 Å². The van der Waals surface area contributed by atoms with E-state index in [4.69, 9.17) is 9.47 Å². The molecule has 1 rings (SSSR count). The van der Waals surface area contributed by atoms with Gasteiger partial charge in [0.1, 0.15) is 6.10 Å². The third-order valence-corrected chi connectivity index (χ3v) is 4.88. The van der Waals surface area contributed by atoms with Crippen LogP contribution in [-0.4, -0.2) is 54.2 Å². The zero-order chi connectivity index (χ0) is 22.7. The van der Waals surface area contributed by atoms with Crippen LogP contribution >= 0.6 is 0 Å². The molecule has 3 nitrogen and oxygen atoms in total. The van der Waals surface area contributed by atoms with Gasteiger partial charge in [-0.3, -0.25) is 0 Å². The molecule has 4 atom stereocenters. The summed E-state index contributed by atoms with van der Waals surface area (Å²) in [5, 5.41) is 9.97. The molecule has 0 aliphatic carbocycles. The minimum atomic E-state index is -7.00. The third-order valence-electron chi connectivity index (χ3n) is 4.88. The van der Waals surface area contributed by atoms with Crippen molar-refractivity contribution in [2.24, 2.45) is 5.92 Å². The summed E-state index contributed by atoms with van der Waals surface area (Å²) in [5.74, 6) is -22.6. The number of aliphatic hydroxyl groups is 1. The molecular formula is C17H25F9O3. The number of unbranched alkanes of at least 4 members (excludes halogenated alkanes) is 3. The number of rotatable bonds is 10. The van der Waals surface area contributed by atoms with Gasteiger partial charge in [-0.15, -0.1) is 0 Å². The molecule has 0 bridgehead atoms. The smallest absolute Gasteiger partial charge is 0.387 e. The van der Waals surface area contributed by atoms with Crippen molar-refractivity contribution < 1.29 is 54.1 Å². The highest BCUT2D eigenvalue weighted by molar-refractivity contribution is 5.06. The Balaban J connectivity index is 3.16. The largest absolute Gasteiger partial charge is 0.460 e. The quantitative estimate of drug-likeness (QED) is 0.352. The fourth-order valence-electron chi connectivity index (χ4n) is 3.21. The lowest BCUT2D eigenvalue weighted by Gasteiger charge is -2.45. The summed E-state index contributed by atoms with van der Waals surface area (Å²) < 4.78 is 130. The molecule has 3 unspecified atom stereocenters. The molecule has 0 aromatic carbocycles. The van der Waals surface area contributed by atoms with Gasteiger partial charge in [-0.1, -0.05) is 32.6 Å². The van der Waals surface area contributed by atoms with Gasteiger partial charge in [0.05, 0.1) is 12.0 Å². The first kappa shape index (κ1) is 26.3. The van der Waals surface area contributed by atoms with Crippen LogP contribution in [0.4, 0.5) is 39.5 Å². The van der Waals surface area contributed by atoms with Crippen molar-refractivity contribution in [1.82, 2.24) is 0 Å². The van der Waals surface area contributed by atoms with Gasteiger partial charge >= 0.3 is 23.9 Å². The first-order chi connectivity index (χ1) is 13.1. The van der Waals surface area contributed by atoms with E-state index in [0.29, 0.717) is 12.8 Å². The first-order valence-corrected chi connectivity index (χ1v) is 9.30. The van der Waals surface area contributed by atoms with Crippen molar-refractivity contribution in [1.29, 1.82) is 0 Å². The van der Waals surface area contributed by atoms with E-state index >= 15 is 0 Å². The van der Waals surface area contributed by atoms with E-state index in [2.05, 4.69) is 0 Å². The highest BCUT2D eigenvalue weighted by Gasteiger charge is 2.83. The van der Waals surface area contributed by atoms with E-state index in [9.17, 15) is 44.6 Å². The Morgan fingerprint density at radius 1 is 0.897 bits per heavy atom. The van der Waals surface area contributed by atoms with Crippen LogP contribution in [-0.2, 0) is 9.47 Å². The van der Waals surface area contributed by atoms with Gasteiger partial charge < -0.3 is 14.6 Å². The maximum absolute atomic E-state index is 14.4. The molecule has 1 fully saturated rings. The Kier molecular flexibility index (Phi) is 8.69. The van der Waals surface area contributed by atoms with Crippen molar-refractivity contribution in [3.63, 3.8) is 0 Å². The molecule has 29 heavy (non-hydrogen) atoms. The van der Waals surface area contributed by atoms with Crippen molar-refractivity contribution in [2.45, 2.75) is 94.8 Å². The molecule has 1 saturated heterocycles. The summed E-state index contributed by atoms with van der Waals surface area (Å²) in [6.07, 6.45) is -10.7. The van der Waals surface area contributed by atoms with Crippen LogP contribution in [0.3, 0.4) is 0 Å². The van der Waals surface area contributed by atoms with Crippen LogP contribution in [0.5, 0.6) is 0 Å². The zero-order valence-corrected chi connectivity index (χ0v) is 15.9. The van der Waals surface area contributed by atoms with E-state index in [1.165, 1.54) is 6.92 Å². The number of aliphatic hydroxyl groups excluding tert-OH is 1. The fourth-order valence-corrected chi connectivity index (χ4v) is 3.21. The number of ether oxygens (including phenoxy) is 2. The van der Waals surface area contributed by atoms with E-state index in [1.54, 1.807) is 0 Å². The van der Waals surface area contributed by atoms with Gasteiger partial charge in [0.2, 0.25) is 0 Å². The second-order valence-electron chi connectivity index (χ2n) is 7.03.